The lowest BCUT2D eigenvalue weighted by atomic mass is 10.2. The van der Waals surface area contributed by atoms with E-state index in [0.29, 0.717) is 0 Å². The Balaban J connectivity index is 2.00. The van der Waals surface area contributed by atoms with E-state index in [1.165, 1.54) is 0 Å². The van der Waals surface area contributed by atoms with Crippen LogP contribution in [-0.2, 0) is 4.79 Å². The van der Waals surface area contributed by atoms with Gasteiger partial charge in [0.2, 0.25) is 5.91 Å². The van der Waals surface area contributed by atoms with Crippen LogP contribution in [0.25, 0.3) is 10.9 Å². The van der Waals surface area contributed by atoms with Crippen molar-refractivity contribution in [3.8, 4) is 0 Å². The average Bonchev–Trinajstić information content (AvgIpc) is 2.59. The molecule has 5 nitrogen and oxygen atoms in total. The third-order valence-electron chi connectivity index (χ3n) is 4.11. The van der Waals surface area contributed by atoms with E-state index >= 15 is 0 Å². The van der Waals surface area contributed by atoms with Crippen LogP contribution in [0, 0.1) is 6.92 Å². The fourth-order valence-corrected chi connectivity index (χ4v) is 2.63. The Kier molecular flexibility index (Phi) is 4.16. The standard InChI is InChI=1S/C19H20N4O/c1-13-20-18-8-6-5-7-17(18)19(21-13)23(4)16-11-9-15(10-12-16)22(3)14(2)24/h5-12H,1-4H3. The van der Waals surface area contributed by atoms with Gasteiger partial charge in [0, 0.05) is 37.8 Å². The zero-order valence-electron chi connectivity index (χ0n) is 14.3. The number of hydrogen-bond donors (Lipinski definition) is 0. The monoisotopic (exact) mass is 320 g/mol. The highest BCUT2D eigenvalue weighted by molar-refractivity contribution is 5.92. The van der Waals surface area contributed by atoms with Gasteiger partial charge in [0.1, 0.15) is 11.6 Å². The summed E-state index contributed by atoms with van der Waals surface area (Å²) in [4.78, 5) is 24.2. The minimum absolute atomic E-state index is 0.00789. The lowest BCUT2D eigenvalue weighted by Gasteiger charge is -2.22. The quantitative estimate of drug-likeness (QED) is 0.738. The summed E-state index contributed by atoms with van der Waals surface area (Å²) in [6.07, 6.45) is 0. The highest BCUT2D eigenvalue weighted by atomic mass is 16.2. The molecule has 122 valence electrons. The number of fused-ring (bicyclic) bond motifs is 1. The van der Waals surface area contributed by atoms with Crippen molar-refractivity contribution in [2.45, 2.75) is 13.8 Å². The first-order valence-corrected chi connectivity index (χ1v) is 7.79. The summed E-state index contributed by atoms with van der Waals surface area (Å²) in [6.45, 7) is 3.45. The third kappa shape index (κ3) is 2.93. The van der Waals surface area contributed by atoms with Crippen LogP contribution in [0.3, 0.4) is 0 Å². The maximum atomic E-state index is 11.5. The number of aryl methyl sites for hydroxylation is 1. The fraction of sp³-hybridized carbons (Fsp3) is 0.211. The molecule has 0 aliphatic carbocycles. The number of carbonyl (C=O) groups excluding carboxylic acids is 1. The molecule has 0 radical (unpaired) electrons. The van der Waals surface area contributed by atoms with E-state index in [4.69, 9.17) is 0 Å². The molecule has 0 spiro atoms. The Hall–Kier alpha value is -2.95. The number of nitrogens with zero attached hydrogens (tertiary/aromatic N) is 4. The van der Waals surface area contributed by atoms with Gasteiger partial charge >= 0.3 is 0 Å². The first-order chi connectivity index (χ1) is 11.5. The van der Waals surface area contributed by atoms with Crippen molar-refractivity contribution in [2.24, 2.45) is 0 Å². The van der Waals surface area contributed by atoms with Gasteiger partial charge in [-0.3, -0.25) is 4.79 Å². The van der Waals surface area contributed by atoms with Crippen molar-refractivity contribution in [1.82, 2.24) is 9.97 Å². The molecule has 3 aromatic rings. The predicted molar refractivity (Wildman–Crippen MR) is 97.9 cm³/mol. The summed E-state index contributed by atoms with van der Waals surface area (Å²) in [5.41, 5.74) is 2.79. The molecular weight excluding hydrogens is 300 g/mol. The molecule has 0 aliphatic rings. The molecule has 5 heteroatoms. The van der Waals surface area contributed by atoms with Crippen LogP contribution in [0.15, 0.2) is 48.5 Å². The number of aromatic nitrogens is 2. The van der Waals surface area contributed by atoms with E-state index in [0.717, 1.165) is 33.9 Å². The van der Waals surface area contributed by atoms with Gasteiger partial charge in [-0.2, -0.15) is 0 Å². The number of benzene rings is 2. The fourth-order valence-electron chi connectivity index (χ4n) is 2.63. The van der Waals surface area contributed by atoms with Crippen LogP contribution in [-0.4, -0.2) is 30.0 Å². The van der Waals surface area contributed by atoms with Crippen molar-refractivity contribution in [2.75, 3.05) is 23.9 Å². The average molecular weight is 320 g/mol. The maximum Gasteiger partial charge on any atom is 0.223 e. The SMILES string of the molecule is CC(=O)N(C)c1ccc(N(C)c2nc(C)nc3ccccc23)cc1. The Morgan fingerprint density at radius 1 is 0.917 bits per heavy atom. The summed E-state index contributed by atoms with van der Waals surface area (Å²) < 4.78 is 0. The van der Waals surface area contributed by atoms with E-state index in [2.05, 4.69) is 9.97 Å². The number of amides is 1. The van der Waals surface area contributed by atoms with Crippen molar-refractivity contribution < 1.29 is 4.79 Å². The number of rotatable bonds is 3. The van der Waals surface area contributed by atoms with Gasteiger partial charge in [0.25, 0.3) is 0 Å². The van der Waals surface area contributed by atoms with Gasteiger partial charge in [0.05, 0.1) is 5.52 Å². The van der Waals surface area contributed by atoms with Crippen LogP contribution >= 0.6 is 0 Å². The summed E-state index contributed by atoms with van der Waals surface area (Å²) in [5, 5.41) is 1.01. The van der Waals surface area contributed by atoms with Gasteiger partial charge in [-0.1, -0.05) is 12.1 Å². The largest absolute Gasteiger partial charge is 0.329 e. The number of anilines is 3. The lowest BCUT2D eigenvalue weighted by Crippen LogP contribution is -2.22. The second-order valence-electron chi connectivity index (χ2n) is 5.77. The summed E-state index contributed by atoms with van der Waals surface area (Å²) in [7, 11) is 3.75. The third-order valence-corrected chi connectivity index (χ3v) is 4.11. The van der Waals surface area contributed by atoms with Crippen LogP contribution in [0.1, 0.15) is 12.7 Å². The zero-order valence-corrected chi connectivity index (χ0v) is 14.3. The minimum Gasteiger partial charge on any atom is -0.329 e. The lowest BCUT2D eigenvalue weighted by molar-refractivity contribution is -0.116. The normalized spacial score (nSPS) is 10.7. The van der Waals surface area contributed by atoms with Crippen molar-refractivity contribution >= 4 is 34.0 Å². The molecule has 0 unspecified atom stereocenters. The topological polar surface area (TPSA) is 49.3 Å². The molecule has 3 rings (SSSR count). The molecule has 0 bridgehead atoms. The van der Waals surface area contributed by atoms with Crippen molar-refractivity contribution in [1.29, 1.82) is 0 Å². The molecule has 0 N–H and O–H groups in total. The highest BCUT2D eigenvalue weighted by Gasteiger charge is 2.12. The smallest absolute Gasteiger partial charge is 0.223 e. The summed E-state index contributed by atoms with van der Waals surface area (Å²) >= 11 is 0. The minimum atomic E-state index is 0.00789. The molecule has 0 aliphatic heterocycles. The van der Waals surface area contributed by atoms with Gasteiger partial charge in [-0.15, -0.1) is 0 Å². The second-order valence-corrected chi connectivity index (χ2v) is 5.77. The molecule has 1 amide bonds. The van der Waals surface area contributed by atoms with Gasteiger partial charge in [0.15, 0.2) is 0 Å². The number of carbonyl (C=O) groups is 1. The molecule has 0 atom stereocenters. The number of hydrogen-bond acceptors (Lipinski definition) is 4. The maximum absolute atomic E-state index is 11.5. The molecular formula is C19H20N4O. The Morgan fingerprint density at radius 3 is 2.21 bits per heavy atom. The Labute approximate surface area is 141 Å². The van der Waals surface area contributed by atoms with Crippen LogP contribution < -0.4 is 9.80 Å². The van der Waals surface area contributed by atoms with Crippen LogP contribution in [0.4, 0.5) is 17.2 Å². The van der Waals surface area contributed by atoms with Crippen LogP contribution in [0.2, 0.25) is 0 Å². The molecule has 1 heterocycles. The Morgan fingerprint density at radius 2 is 1.54 bits per heavy atom. The van der Waals surface area contributed by atoms with Crippen molar-refractivity contribution in [3.63, 3.8) is 0 Å². The van der Waals surface area contributed by atoms with E-state index in [9.17, 15) is 4.79 Å². The number of para-hydroxylation sites is 1. The zero-order chi connectivity index (χ0) is 17.3. The molecule has 2 aromatic carbocycles. The van der Waals surface area contributed by atoms with E-state index < -0.39 is 0 Å². The van der Waals surface area contributed by atoms with E-state index in [1.54, 1.807) is 18.9 Å². The predicted octanol–water partition coefficient (Wildman–Crippen LogP) is 3.69. The molecule has 1 aromatic heterocycles. The van der Waals surface area contributed by atoms with Gasteiger partial charge in [-0.25, -0.2) is 9.97 Å². The van der Waals surface area contributed by atoms with Gasteiger partial charge in [-0.05, 0) is 43.3 Å². The van der Waals surface area contributed by atoms with E-state index in [1.807, 2.05) is 67.4 Å². The molecule has 24 heavy (non-hydrogen) atoms. The first kappa shape index (κ1) is 15.9. The highest BCUT2D eigenvalue weighted by Crippen LogP contribution is 2.29. The summed E-state index contributed by atoms with van der Waals surface area (Å²) in [6, 6.07) is 15.8. The van der Waals surface area contributed by atoms with E-state index in [-0.39, 0.29) is 5.91 Å². The van der Waals surface area contributed by atoms with Gasteiger partial charge < -0.3 is 9.80 Å². The second kappa shape index (κ2) is 6.28. The first-order valence-electron chi connectivity index (χ1n) is 7.79. The molecule has 0 saturated heterocycles. The van der Waals surface area contributed by atoms with Crippen LogP contribution in [0.5, 0.6) is 0 Å². The van der Waals surface area contributed by atoms with Crippen molar-refractivity contribution in [3.05, 3.63) is 54.4 Å². The Bertz CT molecular complexity index is 890. The molecule has 0 saturated carbocycles. The molecule has 0 fully saturated rings. The summed E-state index contributed by atoms with van der Waals surface area (Å²) in [5.74, 6) is 1.61.